The highest BCUT2D eigenvalue weighted by molar-refractivity contribution is 7.98. The Morgan fingerprint density at radius 2 is 2.00 bits per heavy atom. The number of hydrogen-bond acceptors (Lipinski definition) is 7. The summed E-state index contributed by atoms with van der Waals surface area (Å²) in [6, 6.07) is 15.4. The minimum absolute atomic E-state index is 0.122. The molecule has 34 heavy (non-hydrogen) atoms. The predicted octanol–water partition coefficient (Wildman–Crippen LogP) is 4.32. The van der Waals surface area contributed by atoms with Gasteiger partial charge < -0.3 is 29.2 Å². The van der Waals surface area contributed by atoms with Crippen molar-refractivity contribution in [2.24, 2.45) is 0 Å². The molecule has 2 aliphatic heterocycles. The predicted molar refractivity (Wildman–Crippen MR) is 140 cm³/mol. The molecule has 0 spiro atoms. The molecule has 0 amide bonds. The number of thioether (sulfide) groups is 1. The Kier molecular flexibility index (Phi) is 9.39. The van der Waals surface area contributed by atoms with E-state index in [1.54, 1.807) is 14.2 Å². The number of methoxy groups -OCH3 is 2. The maximum atomic E-state index is 6.56. The molecule has 4 rings (SSSR count). The van der Waals surface area contributed by atoms with Crippen LogP contribution >= 0.6 is 11.8 Å². The molecule has 1 N–H and O–H groups in total. The molecular weight excluding hydrogens is 448 g/mol. The molecule has 0 radical (unpaired) electrons. The van der Waals surface area contributed by atoms with Crippen LogP contribution in [0.5, 0.6) is 11.5 Å². The second kappa shape index (κ2) is 12.7. The molecule has 2 aromatic carbocycles. The fourth-order valence-electron chi connectivity index (χ4n) is 4.92. The van der Waals surface area contributed by atoms with Crippen LogP contribution in [-0.4, -0.2) is 71.2 Å². The first-order chi connectivity index (χ1) is 16.7. The SMILES string of the molecule is COCCCN1CCOc2ccc(CO[C@H]3CN[C@@H](CSC)C[C@@H]3c3ccc(OC)cc3)cc21. The molecule has 186 valence electrons. The van der Waals surface area contributed by atoms with Crippen molar-refractivity contribution in [2.75, 3.05) is 64.0 Å². The minimum Gasteiger partial charge on any atom is -0.497 e. The molecule has 7 heteroatoms. The molecule has 1 fully saturated rings. The molecule has 2 heterocycles. The van der Waals surface area contributed by atoms with E-state index in [-0.39, 0.29) is 6.10 Å². The van der Waals surface area contributed by atoms with Crippen LogP contribution in [0.1, 0.15) is 29.9 Å². The van der Waals surface area contributed by atoms with Gasteiger partial charge in [-0.2, -0.15) is 11.8 Å². The van der Waals surface area contributed by atoms with E-state index in [4.69, 9.17) is 18.9 Å². The summed E-state index contributed by atoms with van der Waals surface area (Å²) < 4.78 is 23.1. The van der Waals surface area contributed by atoms with E-state index >= 15 is 0 Å². The van der Waals surface area contributed by atoms with Gasteiger partial charge in [-0.25, -0.2) is 0 Å². The van der Waals surface area contributed by atoms with Gasteiger partial charge in [0.15, 0.2) is 0 Å². The van der Waals surface area contributed by atoms with Gasteiger partial charge in [-0.15, -0.1) is 0 Å². The van der Waals surface area contributed by atoms with Gasteiger partial charge in [-0.1, -0.05) is 18.2 Å². The zero-order valence-electron chi connectivity index (χ0n) is 20.6. The largest absolute Gasteiger partial charge is 0.497 e. The summed E-state index contributed by atoms with van der Waals surface area (Å²) in [5, 5.41) is 3.70. The lowest BCUT2D eigenvalue weighted by Crippen LogP contribution is -2.48. The van der Waals surface area contributed by atoms with E-state index in [2.05, 4.69) is 58.9 Å². The maximum Gasteiger partial charge on any atom is 0.142 e. The number of fused-ring (bicyclic) bond motifs is 1. The molecule has 1 saturated heterocycles. The lowest BCUT2D eigenvalue weighted by molar-refractivity contribution is 0.00452. The van der Waals surface area contributed by atoms with Gasteiger partial charge in [0.2, 0.25) is 0 Å². The molecule has 3 atom stereocenters. The lowest BCUT2D eigenvalue weighted by atomic mass is 9.84. The molecule has 2 aliphatic rings. The quantitative estimate of drug-likeness (QED) is 0.475. The van der Waals surface area contributed by atoms with E-state index in [0.29, 0.717) is 18.6 Å². The van der Waals surface area contributed by atoms with E-state index in [1.165, 1.54) is 11.1 Å². The third-order valence-corrected chi connectivity index (χ3v) is 7.47. The summed E-state index contributed by atoms with van der Waals surface area (Å²) in [5.41, 5.74) is 3.67. The van der Waals surface area contributed by atoms with Crippen LogP contribution in [0.15, 0.2) is 42.5 Å². The number of ether oxygens (including phenoxy) is 4. The smallest absolute Gasteiger partial charge is 0.142 e. The number of hydrogen-bond donors (Lipinski definition) is 1. The van der Waals surface area contributed by atoms with Crippen molar-refractivity contribution >= 4 is 17.4 Å². The number of anilines is 1. The van der Waals surface area contributed by atoms with Crippen LogP contribution in [0.4, 0.5) is 5.69 Å². The van der Waals surface area contributed by atoms with Crippen molar-refractivity contribution in [1.82, 2.24) is 5.32 Å². The van der Waals surface area contributed by atoms with Crippen LogP contribution < -0.4 is 19.7 Å². The molecule has 0 aromatic heterocycles. The Morgan fingerprint density at radius 3 is 2.76 bits per heavy atom. The summed E-state index contributed by atoms with van der Waals surface area (Å²) in [7, 11) is 3.47. The van der Waals surface area contributed by atoms with Gasteiger partial charge in [-0.05, 0) is 54.5 Å². The Labute approximate surface area is 208 Å². The van der Waals surface area contributed by atoms with E-state index in [1.807, 2.05) is 11.8 Å². The second-order valence-corrected chi connectivity index (χ2v) is 9.92. The van der Waals surface area contributed by atoms with E-state index in [0.717, 1.165) is 68.6 Å². The Morgan fingerprint density at radius 1 is 1.15 bits per heavy atom. The van der Waals surface area contributed by atoms with Crippen molar-refractivity contribution in [2.45, 2.75) is 37.5 Å². The minimum atomic E-state index is 0.122. The van der Waals surface area contributed by atoms with Crippen LogP contribution in [0.2, 0.25) is 0 Å². The fourth-order valence-corrected chi connectivity index (χ4v) is 5.57. The summed E-state index contributed by atoms with van der Waals surface area (Å²) in [4.78, 5) is 2.40. The van der Waals surface area contributed by atoms with Crippen molar-refractivity contribution < 1.29 is 18.9 Å². The topological polar surface area (TPSA) is 52.2 Å². The third kappa shape index (κ3) is 6.39. The van der Waals surface area contributed by atoms with Crippen molar-refractivity contribution in [3.8, 4) is 11.5 Å². The standard InChI is InChI=1S/C27H38N2O4S/c1-30-13-4-11-29-12-14-32-26-10-5-20(15-25(26)29)18-33-27-17-28-22(19-34-3)16-24(27)21-6-8-23(31-2)9-7-21/h5-10,15,22,24,27-28H,4,11-14,16-19H2,1-3H3/t22-,24-,27+/m1/s1. The highest BCUT2D eigenvalue weighted by Crippen LogP contribution is 2.35. The number of rotatable bonds is 11. The summed E-state index contributed by atoms with van der Waals surface area (Å²) >= 11 is 1.90. The van der Waals surface area contributed by atoms with Crippen molar-refractivity contribution in [1.29, 1.82) is 0 Å². The van der Waals surface area contributed by atoms with Crippen LogP contribution in [0.25, 0.3) is 0 Å². The number of nitrogens with one attached hydrogen (secondary N) is 1. The van der Waals surface area contributed by atoms with Crippen LogP contribution in [-0.2, 0) is 16.1 Å². The first kappa shape index (κ1) is 25.2. The Hall–Kier alpha value is -1.93. The molecular formula is C27H38N2O4S. The zero-order chi connectivity index (χ0) is 23.8. The van der Waals surface area contributed by atoms with Gasteiger partial charge in [-0.3, -0.25) is 0 Å². The molecule has 0 aliphatic carbocycles. The highest BCUT2D eigenvalue weighted by Gasteiger charge is 2.32. The number of nitrogens with zero attached hydrogens (tertiary/aromatic N) is 1. The molecule has 0 saturated carbocycles. The highest BCUT2D eigenvalue weighted by atomic mass is 32.2. The average Bonchev–Trinajstić information content (AvgIpc) is 2.88. The summed E-state index contributed by atoms with van der Waals surface area (Å²) in [5.74, 6) is 3.32. The van der Waals surface area contributed by atoms with Crippen LogP contribution in [0, 0.1) is 0 Å². The summed E-state index contributed by atoms with van der Waals surface area (Å²) in [6.45, 7) is 4.82. The average molecular weight is 487 g/mol. The fraction of sp³-hybridized carbons (Fsp3) is 0.556. The molecule has 6 nitrogen and oxygen atoms in total. The first-order valence-corrected chi connectivity index (χ1v) is 13.6. The monoisotopic (exact) mass is 486 g/mol. The van der Waals surface area contributed by atoms with Gasteiger partial charge in [0, 0.05) is 44.5 Å². The normalized spacial score (nSPS) is 22.2. The number of benzene rings is 2. The van der Waals surface area contributed by atoms with Crippen molar-refractivity contribution in [3.63, 3.8) is 0 Å². The van der Waals surface area contributed by atoms with Crippen molar-refractivity contribution in [3.05, 3.63) is 53.6 Å². The maximum absolute atomic E-state index is 6.56. The van der Waals surface area contributed by atoms with E-state index in [9.17, 15) is 0 Å². The summed E-state index contributed by atoms with van der Waals surface area (Å²) in [6.07, 6.45) is 4.37. The Bertz CT molecular complexity index is 895. The van der Waals surface area contributed by atoms with Gasteiger partial charge in [0.25, 0.3) is 0 Å². The molecule has 2 aromatic rings. The van der Waals surface area contributed by atoms with Gasteiger partial charge in [0.1, 0.15) is 18.1 Å². The third-order valence-electron chi connectivity index (χ3n) is 6.73. The zero-order valence-corrected chi connectivity index (χ0v) is 21.4. The van der Waals surface area contributed by atoms with Crippen LogP contribution in [0.3, 0.4) is 0 Å². The molecule has 0 bridgehead atoms. The molecule has 0 unspecified atom stereocenters. The lowest BCUT2D eigenvalue weighted by Gasteiger charge is -2.37. The number of piperidine rings is 1. The van der Waals surface area contributed by atoms with Gasteiger partial charge >= 0.3 is 0 Å². The van der Waals surface area contributed by atoms with Gasteiger partial charge in [0.05, 0.1) is 32.1 Å². The second-order valence-electron chi connectivity index (χ2n) is 9.01. The Balaban J connectivity index is 1.44. The first-order valence-electron chi connectivity index (χ1n) is 12.2. The van der Waals surface area contributed by atoms with E-state index < -0.39 is 0 Å².